The van der Waals surface area contributed by atoms with Crippen molar-refractivity contribution in [3.63, 3.8) is 0 Å². The number of aliphatic hydroxyl groups is 4. The van der Waals surface area contributed by atoms with Gasteiger partial charge in [0, 0.05) is 11.6 Å². The molecule has 5 atom stereocenters. The van der Waals surface area contributed by atoms with Gasteiger partial charge in [0.2, 0.25) is 0 Å². The molecule has 3 aromatic rings. The highest BCUT2D eigenvalue weighted by atomic mass is 16.6. The maximum absolute atomic E-state index is 12.6. The summed E-state index contributed by atoms with van der Waals surface area (Å²) in [5.41, 5.74) is -0.692. The summed E-state index contributed by atoms with van der Waals surface area (Å²) in [5, 5.41) is 69.5. The van der Waals surface area contributed by atoms with Crippen LogP contribution >= 0.6 is 0 Å². The molecule has 0 spiro atoms. The molecule has 0 unspecified atom stereocenters. The van der Waals surface area contributed by atoms with Crippen molar-refractivity contribution in [3.8, 4) is 28.6 Å². The molecule has 7 N–H and O–H groups in total. The lowest BCUT2D eigenvalue weighted by Crippen LogP contribution is -2.54. The Morgan fingerprint density at radius 2 is 1.47 bits per heavy atom. The van der Waals surface area contributed by atoms with Crippen molar-refractivity contribution >= 4 is 11.0 Å². The van der Waals surface area contributed by atoms with Gasteiger partial charge in [-0.2, -0.15) is 0 Å². The predicted octanol–water partition coefficient (Wildman–Crippen LogP) is 0.0492. The Morgan fingerprint density at radius 3 is 2.17 bits per heavy atom. The van der Waals surface area contributed by atoms with E-state index in [1.54, 1.807) is 0 Å². The highest BCUT2D eigenvalue weighted by molar-refractivity contribution is 5.84. The third-order valence-corrected chi connectivity index (χ3v) is 5.05. The van der Waals surface area contributed by atoms with Crippen molar-refractivity contribution in [1.29, 1.82) is 0 Å². The van der Waals surface area contributed by atoms with Crippen LogP contribution < -0.4 is 5.43 Å². The summed E-state index contributed by atoms with van der Waals surface area (Å²) >= 11 is 0. The molecule has 4 rings (SSSR count). The fourth-order valence-corrected chi connectivity index (χ4v) is 3.42. The molecule has 158 valence electrons. The zero-order valence-electron chi connectivity index (χ0n) is 15.2. The van der Waals surface area contributed by atoms with Gasteiger partial charge in [0.05, 0.1) is 10.9 Å². The summed E-state index contributed by atoms with van der Waals surface area (Å²) in [5.74, 6) is -1.30. The van der Waals surface area contributed by atoms with Crippen LogP contribution in [0, 0.1) is 0 Å². The second-order valence-corrected chi connectivity index (χ2v) is 6.97. The van der Waals surface area contributed by atoms with Crippen molar-refractivity contribution < 1.29 is 44.9 Å². The Bertz CT molecular complexity index is 1170. The summed E-state index contributed by atoms with van der Waals surface area (Å²) in [6.45, 7) is 0. The number of aliphatic hydroxyl groups excluding tert-OH is 4. The summed E-state index contributed by atoms with van der Waals surface area (Å²) in [6, 6.07) is 7.34. The van der Waals surface area contributed by atoms with E-state index >= 15 is 0 Å². The molecule has 1 saturated heterocycles. The van der Waals surface area contributed by atoms with Crippen LogP contribution in [-0.2, 0) is 4.74 Å². The van der Waals surface area contributed by atoms with Crippen LogP contribution in [0.2, 0.25) is 0 Å². The van der Waals surface area contributed by atoms with E-state index in [1.165, 1.54) is 24.3 Å². The van der Waals surface area contributed by atoms with E-state index in [9.17, 15) is 40.5 Å². The second-order valence-electron chi connectivity index (χ2n) is 6.97. The first-order valence-electron chi connectivity index (χ1n) is 8.89. The highest BCUT2D eigenvalue weighted by Crippen LogP contribution is 2.41. The van der Waals surface area contributed by atoms with Crippen molar-refractivity contribution in [3.05, 3.63) is 52.2 Å². The molecule has 1 fully saturated rings. The van der Waals surface area contributed by atoms with E-state index in [1.807, 2.05) is 0 Å². The molecule has 2 heterocycles. The molecule has 0 saturated carbocycles. The predicted molar refractivity (Wildman–Crippen MR) is 101 cm³/mol. The van der Waals surface area contributed by atoms with Gasteiger partial charge in [-0.25, -0.2) is 0 Å². The average molecular weight is 418 g/mol. The smallest absolute Gasteiger partial charge is 0.193 e. The van der Waals surface area contributed by atoms with Gasteiger partial charge >= 0.3 is 0 Å². The minimum Gasteiger partial charge on any atom is -0.507 e. The number of phenols is 3. The zero-order valence-corrected chi connectivity index (χ0v) is 15.2. The number of fused-ring (bicyclic) bond motifs is 1. The average Bonchev–Trinajstić information content (AvgIpc) is 2.71. The highest BCUT2D eigenvalue weighted by Gasteiger charge is 2.45. The van der Waals surface area contributed by atoms with Gasteiger partial charge in [-0.05, 0) is 30.3 Å². The number of benzene rings is 2. The Morgan fingerprint density at radius 1 is 0.767 bits per heavy atom. The summed E-state index contributed by atoms with van der Waals surface area (Å²) in [4.78, 5) is 12.6. The molecule has 30 heavy (non-hydrogen) atoms. The maximum atomic E-state index is 12.6. The molecule has 10 nitrogen and oxygen atoms in total. The lowest BCUT2D eigenvalue weighted by Gasteiger charge is -2.38. The largest absolute Gasteiger partial charge is 0.507 e. The first-order chi connectivity index (χ1) is 14.2. The Kier molecular flexibility index (Phi) is 4.88. The molecule has 10 heteroatoms. The second kappa shape index (κ2) is 7.27. The number of phenolic OH excluding ortho intramolecular Hbond substituents is 3. The minimum absolute atomic E-state index is 0.0143. The minimum atomic E-state index is -1.87. The molecule has 1 aromatic heterocycles. The number of ether oxygens (including phenoxy) is 1. The maximum Gasteiger partial charge on any atom is 0.193 e. The van der Waals surface area contributed by atoms with Gasteiger partial charge in [-0.3, -0.25) is 4.79 Å². The van der Waals surface area contributed by atoms with Crippen molar-refractivity contribution in [2.24, 2.45) is 0 Å². The van der Waals surface area contributed by atoms with Gasteiger partial charge in [-0.15, -0.1) is 0 Å². The molecular weight excluding hydrogens is 400 g/mol. The molecule has 1 aliphatic rings. The number of hydrogen-bond acceptors (Lipinski definition) is 10. The van der Waals surface area contributed by atoms with Gasteiger partial charge in [0.25, 0.3) is 0 Å². The van der Waals surface area contributed by atoms with Crippen molar-refractivity contribution in [2.75, 3.05) is 0 Å². The molecule has 1 aliphatic heterocycles. The lowest BCUT2D eigenvalue weighted by atomic mass is 9.92. The molecule has 0 aliphatic carbocycles. The Hall–Kier alpha value is -3.15. The van der Waals surface area contributed by atoms with Crippen molar-refractivity contribution in [2.45, 2.75) is 30.7 Å². The van der Waals surface area contributed by atoms with Crippen LogP contribution in [0.25, 0.3) is 22.3 Å². The summed E-state index contributed by atoms with van der Waals surface area (Å²) in [7, 11) is 0. The number of hydrogen-bond donors (Lipinski definition) is 7. The van der Waals surface area contributed by atoms with Gasteiger partial charge < -0.3 is 44.9 Å². The lowest BCUT2D eigenvalue weighted by molar-refractivity contribution is -0.284. The fourth-order valence-electron chi connectivity index (χ4n) is 3.42. The Balaban J connectivity index is 1.94. The molecular formula is C20H18O10. The van der Waals surface area contributed by atoms with Crippen LogP contribution in [0.4, 0.5) is 0 Å². The Labute approximate surface area is 168 Å². The zero-order chi connectivity index (χ0) is 21.7. The monoisotopic (exact) mass is 418 g/mol. The van der Waals surface area contributed by atoms with Crippen LogP contribution in [0.3, 0.4) is 0 Å². The van der Waals surface area contributed by atoms with Crippen LogP contribution in [0.1, 0.15) is 11.7 Å². The van der Waals surface area contributed by atoms with E-state index in [4.69, 9.17) is 9.15 Å². The number of aromatic hydroxyl groups is 3. The summed E-state index contributed by atoms with van der Waals surface area (Å²) in [6.07, 6.45) is -8.74. The quantitative estimate of drug-likeness (QED) is 0.281. The van der Waals surface area contributed by atoms with E-state index in [0.29, 0.717) is 0 Å². The van der Waals surface area contributed by atoms with E-state index < -0.39 is 47.6 Å². The van der Waals surface area contributed by atoms with E-state index in [0.717, 1.165) is 12.1 Å². The van der Waals surface area contributed by atoms with Crippen LogP contribution in [0.5, 0.6) is 17.2 Å². The third-order valence-electron chi connectivity index (χ3n) is 5.05. The van der Waals surface area contributed by atoms with Gasteiger partial charge in [0.1, 0.15) is 41.5 Å². The van der Waals surface area contributed by atoms with Crippen molar-refractivity contribution in [1.82, 2.24) is 0 Å². The van der Waals surface area contributed by atoms with Gasteiger partial charge in [0.15, 0.2) is 23.2 Å². The third kappa shape index (κ3) is 3.16. The first kappa shape index (κ1) is 20.1. The standard InChI is InChI=1S/C20H18O10/c21-9-3-1-7(5-12(9)24)13-6-11(23)8-2-4-10(22)14(18(8)29-13)19-16(26)15(25)17(27)20(28)30-19/h1-6,15-17,19-22,24-28H/t15-,16-,17+,19+,20+/m1/s1. The molecule has 2 aromatic carbocycles. The molecule has 0 bridgehead atoms. The molecule has 0 amide bonds. The molecule has 0 radical (unpaired) electrons. The SMILES string of the molecule is O=c1cc(-c2ccc(O)c(O)c2)oc2c([C@@H]3O[C@H](O)[C@@H](O)[C@H](O)[C@H]3O)c(O)ccc12. The van der Waals surface area contributed by atoms with E-state index in [-0.39, 0.29) is 33.6 Å². The normalized spacial score (nSPS) is 26.7. The van der Waals surface area contributed by atoms with Crippen LogP contribution in [-0.4, -0.2) is 60.3 Å². The van der Waals surface area contributed by atoms with Crippen LogP contribution in [0.15, 0.2) is 45.6 Å². The summed E-state index contributed by atoms with van der Waals surface area (Å²) < 4.78 is 10.9. The first-order valence-corrected chi connectivity index (χ1v) is 8.89. The van der Waals surface area contributed by atoms with Gasteiger partial charge in [-0.1, -0.05) is 0 Å². The number of rotatable bonds is 2. The topological polar surface area (TPSA) is 181 Å². The fraction of sp³-hybridized carbons (Fsp3) is 0.250. The van der Waals surface area contributed by atoms with E-state index in [2.05, 4.69) is 0 Å².